The van der Waals surface area contributed by atoms with Gasteiger partial charge in [-0.2, -0.15) is 5.26 Å². The minimum Gasteiger partial charge on any atom is -0.468 e. The summed E-state index contributed by atoms with van der Waals surface area (Å²) in [5.41, 5.74) is 9.37. The Bertz CT molecular complexity index is 1260. The molecule has 0 amide bonds. The summed E-state index contributed by atoms with van der Waals surface area (Å²) >= 11 is 3.00. The number of thioether (sulfide) groups is 1. The number of aromatic nitrogens is 2. The molecule has 3 heterocycles. The second-order valence-corrected chi connectivity index (χ2v) is 9.63. The van der Waals surface area contributed by atoms with E-state index in [1.165, 1.54) is 16.9 Å². The first-order valence-corrected chi connectivity index (χ1v) is 12.0. The van der Waals surface area contributed by atoms with Crippen molar-refractivity contribution < 1.29 is 9.21 Å². The topological polar surface area (TPSA) is 109 Å². The molecule has 3 aromatic rings. The van der Waals surface area contributed by atoms with E-state index in [0.717, 1.165) is 22.2 Å². The zero-order valence-corrected chi connectivity index (χ0v) is 18.7. The number of anilines is 1. The third-order valence-corrected chi connectivity index (χ3v) is 7.65. The van der Waals surface area contributed by atoms with Crippen LogP contribution in [0.15, 0.2) is 80.1 Å². The molecule has 160 valence electrons. The molecular weight excluding hydrogens is 442 g/mol. The number of ketones is 1. The van der Waals surface area contributed by atoms with Crippen molar-refractivity contribution in [2.45, 2.75) is 35.3 Å². The van der Waals surface area contributed by atoms with Gasteiger partial charge < -0.3 is 10.2 Å². The molecule has 9 heteroatoms. The molecule has 2 aromatic heterocycles. The number of benzene rings is 1. The highest BCUT2D eigenvalue weighted by molar-refractivity contribution is 8.00. The van der Waals surface area contributed by atoms with Crippen LogP contribution in [0.1, 0.15) is 36.5 Å². The number of nitrogens with two attached hydrogens (primary N) is 1. The lowest BCUT2D eigenvalue weighted by Gasteiger charge is -2.37. The maximum absolute atomic E-state index is 13.0. The van der Waals surface area contributed by atoms with Crippen molar-refractivity contribution in [3.05, 3.63) is 82.7 Å². The maximum Gasteiger partial charge on any atom is 0.219 e. The number of carbonyl (C=O) groups excluding carboxylic acids is 1. The lowest BCUT2D eigenvalue weighted by Crippen LogP contribution is -2.38. The number of allylic oxidation sites excluding steroid dienone is 3. The number of carbonyl (C=O) groups is 1. The smallest absolute Gasteiger partial charge is 0.219 e. The van der Waals surface area contributed by atoms with Gasteiger partial charge in [0.15, 0.2) is 10.1 Å². The Kier molecular flexibility index (Phi) is 5.55. The van der Waals surface area contributed by atoms with Gasteiger partial charge in [-0.25, -0.2) is 0 Å². The van der Waals surface area contributed by atoms with Gasteiger partial charge in [-0.1, -0.05) is 53.4 Å². The monoisotopic (exact) mass is 461 g/mol. The van der Waals surface area contributed by atoms with E-state index in [2.05, 4.69) is 28.4 Å². The van der Waals surface area contributed by atoms with E-state index in [9.17, 15) is 10.1 Å². The van der Waals surface area contributed by atoms with Crippen LogP contribution in [0, 0.1) is 11.3 Å². The fraction of sp³-hybridized carbons (Fsp3) is 0.217. The van der Waals surface area contributed by atoms with Crippen molar-refractivity contribution in [3.8, 4) is 6.07 Å². The van der Waals surface area contributed by atoms with E-state index in [1.54, 1.807) is 35.1 Å². The summed E-state index contributed by atoms with van der Waals surface area (Å²) in [6.45, 7) is 0. The number of hydrogen-bond acceptors (Lipinski definition) is 9. The first-order valence-electron chi connectivity index (χ1n) is 10.2. The fourth-order valence-electron chi connectivity index (χ4n) is 4.12. The number of rotatable bonds is 5. The average molecular weight is 462 g/mol. The van der Waals surface area contributed by atoms with Crippen molar-refractivity contribution >= 4 is 34.0 Å². The second kappa shape index (κ2) is 8.65. The molecule has 5 rings (SSSR count). The molecule has 7 nitrogen and oxygen atoms in total. The molecule has 1 aromatic carbocycles. The van der Waals surface area contributed by atoms with Crippen molar-refractivity contribution in [1.82, 2.24) is 10.2 Å². The molecule has 0 saturated heterocycles. The number of Topliss-reactive ketones (excluding diaryl/α,β-unsaturated/α-hetero) is 1. The minimum atomic E-state index is -0.589. The van der Waals surface area contributed by atoms with Crippen LogP contribution >= 0.6 is 23.1 Å². The maximum atomic E-state index is 13.0. The zero-order valence-electron chi connectivity index (χ0n) is 17.0. The van der Waals surface area contributed by atoms with Gasteiger partial charge in [-0.05, 0) is 30.5 Å². The van der Waals surface area contributed by atoms with E-state index in [-0.39, 0.29) is 11.6 Å². The summed E-state index contributed by atoms with van der Waals surface area (Å²) in [6.07, 6.45) is 3.38. The van der Waals surface area contributed by atoms with Crippen LogP contribution in [-0.2, 0) is 10.5 Å². The Balaban J connectivity index is 1.52. The number of nitrogens with zero attached hydrogens (tertiary/aromatic N) is 4. The van der Waals surface area contributed by atoms with Crippen molar-refractivity contribution in [2.75, 3.05) is 4.90 Å². The summed E-state index contributed by atoms with van der Waals surface area (Å²) in [6, 6.07) is 15.9. The highest BCUT2D eigenvalue weighted by Gasteiger charge is 2.42. The summed E-state index contributed by atoms with van der Waals surface area (Å²) in [7, 11) is 0. The van der Waals surface area contributed by atoms with Gasteiger partial charge in [0.05, 0.1) is 23.8 Å². The molecule has 1 unspecified atom stereocenters. The van der Waals surface area contributed by atoms with Crippen LogP contribution in [0.25, 0.3) is 0 Å². The molecule has 0 bridgehead atoms. The highest BCUT2D eigenvalue weighted by Crippen LogP contribution is 2.47. The zero-order chi connectivity index (χ0) is 22.1. The van der Waals surface area contributed by atoms with E-state index in [0.29, 0.717) is 34.9 Å². The number of nitriles is 1. The Hall–Kier alpha value is -3.35. The minimum absolute atomic E-state index is 0.0149. The molecule has 2 N–H and O–H groups in total. The molecule has 1 aliphatic heterocycles. The predicted octanol–water partition coefficient (Wildman–Crippen LogP) is 4.73. The molecular formula is C23H19N5O2S2. The lowest BCUT2D eigenvalue weighted by molar-refractivity contribution is -0.116. The van der Waals surface area contributed by atoms with Gasteiger partial charge in [-0.15, -0.1) is 10.2 Å². The van der Waals surface area contributed by atoms with Crippen LogP contribution in [0.5, 0.6) is 0 Å². The van der Waals surface area contributed by atoms with Crippen LogP contribution in [0.2, 0.25) is 0 Å². The largest absolute Gasteiger partial charge is 0.468 e. The van der Waals surface area contributed by atoms with Crippen molar-refractivity contribution in [2.24, 2.45) is 5.73 Å². The Morgan fingerprint density at radius 3 is 2.81 bits per heavy atom. The van der Waals surface area contributed by atoms with E-state index >= 15 is 0 Å². The van der Waals surface area contributed by atoms with Crippen LogP contribution in [0.4, 0.5) is 5.13 Å². The third kappa shape index (κ3) is 3.61. The summed E-state index contributed by atoms with van der Waals surface area (Å²) in [5.74, 6) is 1.02. The molecule has 1 atom stereocenters. The third-order valence-electron chi connectivity index (χ3n) is 5.53. The summed E-state index contributed by atoms with van der Waals surface area (Å²) in [4.78, 5) is 14.8. The SMILES string of the molecule is N#CC1=C(N)N(c2nnc(SCc3ccccc3)s2)C2=C(C(=O)CCC2)C1c1ccco1. The normalized spacial score (nSPS) is 18.7. The average Bonchev–Trinajstić information content (AvgIpc) is 3.50. The van der Waals surface area contributed by atoms with Crippen LogP contribution < -0.4 is 10.6 Å². The Morgan fingerprint density at radius 2 is 2.06 bits per heavy atom. The predicted molar refractivity (Wildman–Crippen MR) is 123 cm³/mol. The number of furan rings is 1. The number of hydrogen-bond donors (Lipinski definition) is 1. The van der Waals surface area contributed by atoms with Gasteiger partial charge in [-0.3, -0.25) is 9.69 Å². The van der Waals surface area contributed by atoms with E-state index in [1.807, 2.05) is 18.2 Å². The Morgan fingerprint density at radius 1 is 1.22 bits per heavy atom. The van der Waals surface area contributed by atoms with Gasteiger partial charge in [0.2, 0.25) is 5.13 Å². The van der Waals surface area contributed by atoms with Gasteiger partial charge in [0, 0.05) is 23.4 Å². The lowest BCUT2D eigenvalue weighted by atomic mass is 9.78. The van der Waals surface area contributed by atoms with Crippen molar-refractivity contribution in [3.63, 3.8) is 0 Å². The molecule has 1 aliphatic carbocycles. The quantitative estimate of drug-likeness (QED) is 0.543. The standard InChI is InChI=1S/C23H19N5O2S2/c24-12-15-19(18-10-5-11-30-18)20-16(8-4-9-17(20)29)28(21(15)25)22-26-27-23(32-22)31-13-14-6-2-1-3-7-14/h1-3,5-7,10-11,19H,4,8-9,13,25H2. The van der Waals surface area contributed by atoms with Crippen LogP contribution in [-0.4, -0.2) is 16.0 Å². The first-order chi connectivity index (χ1) is 15.7. The molecule has 0 fully saturated rings. The van der Waals surface area contributed by atoms with Crippen molar-refractivity contribution in [1.29, 1.82) is 5.26 Å². The highest BCUT2D eigenvalue weighted by atomic mass is 32.2. The van der Waals surface area contributed by atoms with Gasteiger partial charge >= 0.3 is 0 Å². The molecule has 32 heavy (non-hydrogen) atoms. The molecule has 0 saturated carbocycles. The summed E-state index contributed by atoms with van der Waals surface area (Å²) < 4.78 is 6.39. The Labute approximate surface area is 193 Å². The van der Waals surface area contributed by atoms with Crippen LogP contribution in [0.3, 0.4) is 0 Å². The van der Waals surface area contributed by atoms with Gasteiger partial charge in [0.1, 0.15) is 11.6 Å². The molecule has 2 aliphatic rings. The fourth-order valence-corrected chi connectivity index (χ4v) is 5.95. The second-order valence-electron chi connectivity index (χ2n) is 7.46. The molecule has 0 radical (unpaired) electrons. The van der Waals surface area contributed by atoms with Gasteiger partial charge in [0.25, 0.3) is 0 Å². The van der Waals surface area contributed by atoms with E-state index in [4.69, 9.17) is 10.2 Å². The summed E-state index contributed by atoms with van der Waals surface area (Å²) in [5, 5.41) is 19.2. The molecule has 0 spiro atoms. The first kappa shape index (κ1) is 20.5. The van der Waals surface area contributed by atoms with E-state index < -0.39 is 5.92 Å².